The first-order valence-electron chi connectivity index (χ1n) is 16.0. The minimum Gasteiger partial charge on any atom is -0.466 e. The highest BCUT2D eigenvalue weighted by molar-refractivity contribution is 5.69. The molecule has 0 saturated carbocycles. The topological polar surface area (TPSA) is 52.6 Å². The lowest BCUT2D eigenvalue weighted by Gasteiger charge is -2.06. The maximum absolute atomic E-state index is 11.8. The Bertz CT molecular complexity index is 463. The van der Waals surface area contributed by atoms with E-state index in [9.17, 15) is 9.59 Å². The van der Waals surface area contributed by atoms with Gasteiger partial charge >= 0.3 is 11.9 Å². The molecule has 4 heteroatoms. The zero-order chi connectivity index (χ0) is 26.4. The van der Waals surface area contributed by atoms with Gasteiger partial charge in [0.25, 0.3) is 0 Å². The average Bonchev–Trinajstić information content (AvgIpc) is 2.87. The Morgan fingerprint density at radius 2 is 0.611 bits per heavy atom. The summed E-state index contributed by atoms with van der Waals surface area (Å²) < 4.78 is 10.7. The van der Waals surface area contributed by atoms with Crippen molar-refractivity contribution in [2.24, 2.45) is 0 Å². The molecule has 0 aromatic carbocycles. The second-order valence-corrected chi connectivity index (χ2v) is 10.7. The summed E-state index contributed by atoms with van der Waals surface area (Å²) in [5.74, 6) is -0.0436. The number of carbonyl (C=O) groups is 2. The molecule has 0 N–H and O–H groups in total. The van der Waals surface area contributed by atoms with Crippen LogP contribution in [0.15, 0.2) is 0 Å². The number of rotatable bonds is 29. The van der Waals surface area contributed by atoms with Crippen molar-refractivity contribution in [1.82, 2.24) is 0 Å². The molecule has 0 atom stereocenters. The van der Waals surface area contributed by atoms with Gasteiger partial charge in [-0.3, -0.25) is 9.59 Å². The third-order valence-electron chi connectivity index (χ3n) is 7.03. The summed E-state index contributed by atoms with van der Waals surface area (Å²) >= 11 is 0. The van der Waals surface area contributed by atoms with Gasteiger partial charge < -0.3 is 9.47 Å². The van der Waals surface area contributed by atoms with Gasteiger partial charge in [0, 0.05) is 12.8 Å². The van der Waals surface area contributed by atoms with Gasteiger partial charge in [-0.2, -0.15) is 0 Å². The Morgan fingerprint density at radius 1 is 0.361 bits per heavy atom. The van der Waals surface area contributed by atoms with E-state index in [1.54, 1.807) is 0 Å². The quantitative estimate of drug-likeness (QED) is 0.0741. The molecule has 0 aromatic heterocycles. The maximum atomic E-state index is 11.8. The van der Waals surface area contributed by atoms with Crippen molar-refractivity contribution in [1.29, 1.82) is 0 Å². The molecule has 0 amide bonds. The van der Waals surface area contributed by atoms with E-state index in [2.05, 4.69) is 13.8 Å². The summed E-state index contributed by atoms with van der Waals surface area (Å²) in [4.78, 5) is 23.6. The highest BCUT2D eigenvalue weighted by Crippen LogP contribution is 2.13. The van der Waals surface area contributed by atoms with Crippen molar-refractivity contribution < 1.29 is 19.1 Å². The van der Waals surface area contributed by atoms with Crippen LogP contribution in [-0.4, -0.2) is 25.2 Å². The SMILES string of the molecule is CCCCCCCCCCCCOC(=O)CCCCCCCCCCC(=O)OCCCCCCCC. The lowest BCUT2D eigenvalue weighted by molar-refractivity contribution is -0.144. The third-order valence-corrected chi connectivity index (χ3v) is 7.03. The molecule has 0 aliphatic carbocycles. The van der Waals surface area contributed by atoms with Crippen molar-refractivity contribution in [3.8, 4) is 0 Å². The van der Waals surface area contributed by atoms with Crippen LogP contribution in [0.3, 0.4) is 0 Å². The van der Waals surface area contributed by atoms with Gasteiger partial charge in [-0.05, 0) is 25.7 Å². The molecule has 0 aromatic rings. The van der Waals surface area contributed by atoms with Crippen LogP contribution in [0.4, 0.5) is 0 Å². The molecule has 4 nitrogen and oxygen atoms in total. The predicted molar refractivity (Wildman–Crippen MR) is 153 cm³/mol. The fourth-order valence-electron chi connectivity index (χ4n) is 4.59. The average molecular weight is 511 g/mol. The van der Waals surface area contributed by atoms with Gasteiger partial charge in [0.05, 0.1) is 13.2 Å². The van der Waals surface area contributed by atoms with E-state index < -0.39 is 0 Å². The van der Waals surface area contributed by atoms with Crippen LogP contribution in [0.2, 0.25) is 0 Å². The fourth-order valence-corrected chi connectivity index (χ4v) is 4.59. The Kier molecular flexibility index (Phi) is 29.3. The van der Waals surface area contributed by atoms with Gasteiger partial charge in [-0.1, -0.05) is 142 Å². The van der Waals surface area contributed by atoms with E-state index in [1.165, 1.54) is 116 Å². The Morgan fingerprint density at radius 3 is 0.917 bits per heavy atom. The maximum Gasteiger partial charge on any atom is 0.305 e. The van der Waals surface area contributed by atoms with Gasteiger partial charge in [0.2, 0.25) is 0 Å². The first-order valence-corrected chi connectivity index (χ1v) is 16.0. The Labute approximate surface area is 225 Å². The minimum absolute atomic E-state index is 0.0192. The van der Waals surface area contributed by atoms with Crippen LogP contribution in [0.25, 0.3) is 0 Å². The molecular formula is C32H62O4. The van der Waals surface area contributed by atoms with Crippen LogP contribution >= 0.6 is 0 Å². The number of unbranched alkanes of at least 4 members (excludes halogenated alkanes) is 21. The largest absolute Gasteiger partial charge is 0.466 e. The van der Waals surface area contributed by atoms with Gasteiger partial charge in [-0.15, -0.1) is 0 Å². The van der Waals surface area contributed by atoms with Crippen LogP contribution in [-0.2, 0) is 19.1 Å². The first kappa shape index (κ1) is 34.9. The highest BCUT2D eigenvalue weighted by Gasteiger charge is 2.04. The molecule has 0 aliphatic rings. The molecule has 214 valence electrons. The second kappa shape index (κ2) is 30.2. The Hall–Kier alpha value is -1.06. The first-order chi connectivity index (χ1) is 17.7. The normalized spacial score (nSPS) is 11.1. The number of hydrogen-bond acceptors (Lipinski definition) is 4. The summed E-state index contributed by atoms with van der Waals surface area (Å²) in [5, 5.41) is 0. The molecule has 0 bridgehead atoms. The lowest BCUT2D eigenvalue weighted by atomic mass is 10.1. The van der Waals surface area contributed by atoms with E-state index in [4.69, 9.17) is 9.47 Å². The molecule has 0 saturated heterocycles. The van der Waals surface area contributed by atoms with Crippen LogP contribution in [0, 0.1) is 0 Å². The molecular weight excluding hydrogens is 448 g/mol. The summed E-state index contributed by atoms with van der Waals surface area (Å²) in [6.07, 6.45) is 30.4. The van der Waals surface area contributed by atoms with Gasteiger partial charge in [0.15, 0.2) is 0 Å². The number of carbonyl (C=O) groups excluding carboxylic acids is 2. The van der Waals surface area contributed by atoms with Crippen LogP contribution < -0.4 is 0 Å². The standard InChI is InChI=1S/C32H62O4/c1-3-5-7-9-11-12-15-18-22-26-30-36-32(34)28-24-20-17-14-13-16-19-23-27-31(33)35-29-25-21-10-8-6-4-2/h3-30H2,1-2H3. The Balaban J connectivity index is 3.23. The molecule has 0 unspecified atom stereocenters. The summed E-state index contributed by atoms with van der Waals surface area (Å²) in [6, 6.07) is 0. The van der Waals surface area contributed by atoms with E-state index in [0.717, 1.165) is 38.5 Å². The molecule has 0 rings (SSSR count). The van der Waals surface area contributed by atoms with Gasteiger partial charge in [0.1, 0.15) is 0 Å². The third kappa shape index (κ3) is 29.2. The molecule has 0 heterocycles. The summed E-state index contributed by atoms with van der Waals surface area (Å²) in [6.45, 7) is 5.68. The fraction of sp³-hybridized carbons (Fsp3) is 0.938. The molecule has 0 aliphatic heterocycles. The number of esters is 2. The van der Waals surface area contributed by atoms with E-state index in [1.807, 2.05) is 0 Å². The van der Waals surface area contributed by atoms with E-state index in [0.29, 0.717) is 26.1 Å². The molecule has 0 fully saturated rings. The zero-order valence-electron chi connectivity index (χ0n) is 24.4. The predicted octanol–water partition coefficient (Wildman–Crippen LogP) is 10.3. The van der Waals surface area contributed by atoms with Crippen LogP contribution in [0.1, 0.15) is 181 Å². The van der Waals surface area contributed by atoms with Crippen LogP contribution in [0.5, 0.6) is 0 Å². The highest BCUT2D eigenvalue weighted by atomic mass is 16.5. The molecule has 0 radical (unpaired) electrons. The second-order valence-electron chi connectivity index (χ2n) is 10.7. The molecule has 36 heavy (non-hydrogen) atoms. The van der Waals surface area contributed by atoms with Crippen molar-refractivity contribution in [2.45, 2.75) is 181 Å². The monoisotopic (exact) mass is 510 g/mol. The van der Waals surface area contributed by atoms with Crippen molar-refractivity contribution >= 4 is 11.9 Å². The van der Waals surface area contributed by atoms with E-state index in [-0.39, 0.29) is 11.9 Å². The van der Waals surface area contributed by atoms with E-state index >= 15 is 0 Å². The molecule has 0 spiro atoms. The summed E-state index contributed by atoms with van der Waals surface area (Å²) in [7, 11) is 0. The number of hydrogen-bond donors (Lipinski definition) is 0. The number of ether oxygens (including phenoxy) is 2. The summed E-state index contributed by atoms with van der Waals surface area (Å²) in [5.41, 5.74) is 0. The smallest absolute Gasteiger partial charge is 0.305 e. The minimum atomic E-state index is -0.0244. The lowest BCUT2D eigenvalue weighted by Crippen LogP contribution is -2.05. The van der Waals surface area contributed by atoms with Crippen molar-refractivity contribution in [3.05, 3.63) is 0 Å². The zero-order valence-corrected chi connectivity index (χ0v) is 24.4. The van der Waals surface area contributed by atoms with Crippen molar-refractivity contribution in [2.75, 3.05) is 13.2 Å². The van der Waals surface area contributed by atoms with Crippen molar-refractivity contribution in [3.63, 3.8) is 0 Å². The van der Waals surface area contributed by atoms with Gasteiger partial charge in [-0.25, -0.2) is 0 Å².